The molecule has 108 valence electrons. The van der Waals surface area contributed by atoms with Crippen LogP contribution in [0, 0.1) is 6.92 Å². The van der Waals surface area contributed by atoms with E-state index in [1.54, 1.807) is 17.5 Å². The Hall–Kier alpha value is -2.05. The van der Waals surface area contributed by atoms with Gasteiger partial charge in [0, 0.05) is 55.2 Å². The van der Waals surface area contributed by atoms with Gasteiger partial charge in [-0.05, 0) is 19.1 Å². The van der Waals surface area contributed by atoms with Gasteiger partial charge in [0.25, 0.3) is 0 Å². The van der Waals surface area contributed by atoms with Gasteiger partial charge in [-0.15, -0.1) is 11.3 Å². The molecule has 0 unspecified atom stereocenters. The summed E-state index contributed by atoms with van der Waals surface area (Å²) in [4.78, 5) is 8.62. The molecule has 0 aliphatic carbocycles. The minimum atomic E-state index is 0.759. The molecule has 0 aliphatic heterocycles. The van der Waals surface area contributed by atoms with Gasteiger partial charge in [0.2, 0.25) is 0 Å². The normalized spacial score (nSPS) is 11.0. The Kier molecular flexibility index (Phi) is 4.08. The van der Waals surface area contributed by atoms with Crippen LogP contribution < -0.4 is 5.32 Å². The monoisotopic (exact) mass is 299 g/mol. The Labute approximate surface area is 127 Å². The van der Waals surface area contributed by atoms with Crippen LogP contribution in [0.3, 0.4) is 0 Å². The number of rotatable bonds is 5. The second-order valence-corrected chi connectivity index (χ2v) is 5.94. The van der Waals surface area contributed by atoms with Gasteiger partial charge < -0.3 is 5.32 Å². The Morgan fingerprint density at radius 1 is 1.33 bits per heavy atom. The number of nitrogens with zero attached hydrogens (tertiary/aromatic N) is 4. The van der Waals surface area contributed by atoms with E-state index in [1.807, 2.05) is 43.2 Å². The van der Waals surface area contributed by atoms with Crippen LogP contribution in [0.4, 0.5) is 0 Å². The molecule has 0 spiro atoms. The van der Waals surface area contributed by atoms with E-state index in [2.05, 4.69) is 25.8 Å². The molecule has 1 N–H and O–H groups in total. The molecule has 0 amide bonds. The summed E-state index contributed by atoms with van der Waals surface area (Å²) < 4.78 is 1.84. The first kappa shape index (κ1) is 13.9. The number of thiazole rings is 1. The summed E-state index contributed by atoms with van der Waals surface area (Å²) in [7, 11) is 1.94. The van der Waals surface area contributed by atoms with E-state index in [1.165, 1.54) is 0 Å². The molecule has 0 saturated carbocycles. The molecule has 3 aromatic heterocycles. The number of hydrogen-bond donors (Lipinski definition) is 1. The first-order valence-corrected chi connectivity index (χ1v) is 7.65. The summed E-state index contributed by atoms with van der Waals surface area (Å²) in [6, 6.07) is 3.96. The third kappa shape index (κ3) is 3.34. The van der Waals surface area contributed by atoms with Crippen molar-refractivity contribution in [1.29, 1.82) is 0 Å². The average molecular weight is 299 g/mol. The highest BCUT2D eigenvalue weighted by atomic mass is 32.1. The zero-order valence-electron chi connectivity index (χ0n) is 12.1. The molecule has 0 radical (unpaired) electrons. The maximum absolute atomic E-state index is 4.53. The fraction of sp³-hybridized carbons (Fsp3) is 0.267. The molecule has 6 heteroatoms. The van der Waals surface area contributed by atoms with E-state index in [4.69, 9.17) is 0 Å². The summed E-state index contributed by atoms with van der Waals surface area (Å²) in [5.41, 5.74) is 4.27. The van der Waals surface area contributed by atoms with E-state index in [-0.39, 0.29) is 0 Å². The Morgan fingerprint density at radius 3 is 2.95 bits per heavy atom. The third-order valence-corrected chi connectivity index (χ3v) is 3.95. The highest BCUT2D eigenvalue weighted by Crippen LogP contribution is 2.20. The number of aromatic nitrogens is 4. The molecule has 0 fully saturated rings. The summed E-state index contributed by atoms with van der Waals surface area (Å²) in [5, 5.41) is 11.2. The number of nitrogens with one attached hydrogen (secondary N) is 1. The van der Waals surface area contributed by atoms with Gasteiger partial charge in [-0.25, -0.2) is 4.98 Å². The van der Waals surface area contributed by atoms with Crippen molar-refractivity contribution < 1.29 is 0 Å². The minimum Gasteiger partial charge on any atom is -0.307 e. The van der Waals surface area contributed by atoms with Crippen LogP contribution >= 0.6 is 11.3 Å². The first-order valence-electron chi connectivity index (χ1n) is 6.77. The summed E-state index contributed by atoms with van der Waals surface area (Å²) in [6.07, 6.45) is 5.66. The minimum absolute atomic E-state index is 0.759. The number of aryl methyl sites for hydroxylation is 2. The average Bonchev–Trinajstić information content (AvgIpc) is 3.06. The van der Waals surface area contributed by atoms with Crippen molar-refractivity contribution in [2.75, 3.05) is 0 Å². The van der Waals surface area contributed by atoms with Gasteiger partial charge in [-0.1, -0.05) is 0 Å². The van der Waals surface area contributed by atoms with Gasteiger partial charge in [-0.3, -0.25) is 9.67 Å². The van der Waals surface area contributed by atoms with Crippen molar-refractivity contribution in [3.8, 4) is 11.3 Å². The molecule has 5 nitrogen and oxygen atoms in total. The SMILES string of the molecule is Cc1nc(CNCc2cn(C)nc2-c2cccnc2)cs1. The lowest BCUT2D eigenvalue weighted by Crippen LogP contribution is -2.13. The van der Waals surface area contributed by atoms with Crippen LogP contribution in [0.5, 0.6) is 0 Å². The zero-order chi connectivity index (χ0) is 14.7. The fourth-order valence-corrected chi connectivity index (χ4v) is 2.84. The van der Waals surface area contributed by atoms with E-state index in [0.29, 0.717) is 0 Å². The van der Waals surface area contributed by atoms with Gasteiger partial charge >= 0.3 is 0 Å². The summed E-state index contributed by atoms with van der Waals surface area (Å²) in [5.74, 6) is 0. The molecular formula is C15H17N5S. The first-order chi connectivity index (χ1) is 10.2. The highest BCUT2D eigenvalue weighted by molar-refractivity contribution is 7.09. The Bertz CT molecular complexity index is 717. The van der Waals surface area contributed by atoms with Crippen LogP contribution in [-0.4, -0.2) is 19.7 Å². The van der Waals surface area contributed by atoms with Crippen LogP contribution in [0.1, 0.15) is 16.3 Å². The largest absolute Gasteiger partial charge is 0.307 e. The molecule has 21 heavy (non-hydrogen) atoms. The molecule has 3 rings (SSSR count). The third-order valence-electron chi connectivity index (χ3n) is 3.13. The lowest BCUT2D eigenvalue weighted by Gasteiger charge is -2.03. The quantitative estimate of drug-likeness (QED) is 0.786. The zero-order valence-corrected chi connectivity index (χ0v) is 12.9. The van der Waals surface area contributed by atoms with Crippen LogP contribution in [0.15, 0.2) is 36.1 Å². The second-order valence-electron chi connectivity index (χ2n) is 4.88. The van der Waals surface area contributed by atoms with Crippen molar-refractivity contribution in [3.63, 3.8) is 0 Å². The van der Waals surface area contributed by atoms with E-state index in [9.17, 15) is 0 Å². The van der Waals surface area contributed by atoms with Crippen LogP contribution in [-0.2, 0) is 20.1 Å². The number of pyridine rings is 1. The number of hydrogen-bond acceptors (Lipinski definition) is 5. The van der Waals surface area contributed by atoms with Crippen LogP contribution in [0.2, 0.25) is 0 Å². The summed E-state index contributed by atoms with van der Waals surface area (Å²) in [6.45, 7) is 3.55. The Balaban J connectivity index is 1.71. The van der Waals surface area contributed by atoms with E-state index < -0.39 is 0 Å². The molecule has 0 bridgehead atoms. The molecule has 0 aromatic carbocycles. The fourth-order valence-electron chi connectivity index (χ4n) is 2.23. The highest BCUT2D eigenvalue weighted by Gasteiger charge is 2.10. The van der Waals surface area contributed by atoms with Crippen molar-refractivity contribution in [2.24, 2.45) is 7.05 Å². The maximum atomic E-state index is 4.53. The van der Waals surface area contributed by atoms with E-state index >= 15 is 0 Å². The predicted molar refractivity (Wildman–Crippen MR) is 83.8 cm³/mol. The molecule has 3 aromatic rings. The van der Waals surface area contributed by atoms with Gasteiger partial charge in [0.05, 0.1) is 16.4 Å². The van der Waals surface area contributed by atoms with Crippen molar-refractivity contribution >= 4 is 11.3 Å². The van der Waals surface area contributed by atoms with Crippen molar-refractivity contribution in [1.82, 2.24) is 25.1 Å². The lowest BCUT2D eigenvalue weighted by atomic mass is 10.1. The topological polar surface area (TPSA) is 55.6 Å². The molecular weight excluding hydrogens is 282 g/mol. The van der Waals surface area contributed by atoms with E-state index in [0.717, 1.165) is 40.6 Å². The van der Waals surface area contributed by atoms with Gasteiger partial charge in [0.15, 0.2) is 0 Å². The molecule has 0 atom stereocenters. The standard InChI is InChI=1S/C15H17N5S/c1-11-18-14(10-21-11)8-17-7-13-9-20(2)19-15(13)12-4-3-5-16-6-12/h3-6,9-10,17H,7-8H2,1-2H3. The Morgan fingerprint density at radius 2 is 2.24 bits per heavy atom. The summed E-state index contributed by atoms with van der Waals surface area (Å²) >= 11 is 1.68. The van der Waals surface area contributed by atoms with Crippen molar-refractivity contribution in [3.05, 3.63) is 52.4 Å². The molecule has 3 heterocycles. The molecule has 0 aliphatic rings. The smallest absolute Gasteiger partial charge is 0.0983 e. The van der Waals surface area contributed by atoms with Gasteiger partial charge in [0.1, 0.15) is 0 Å². The van der Waals surface area contributed by atoms with Gasteiger partial charge in [-0.2, -0.15) is 5.10 Å². The lowest BCUT2D eigenvalue weighted by molar-refractivity contribution is 0.681. The maximum Gasteiger partial charge on any atom is 0.0983 e. The van der Waals surface area contributed by atoms with Crippen molar-refractivity contribution in [2.45, 2.75) is 20.0 Å². The van der Waals surface area contributed by atoms with Crippen LogP contribution in [0.25, 0.3) is 11.3 Å². The second kappa shape index (κ2) is 6.15. The molecule has 0 saturated heterocycles. The predicted octanol–water partition coefficient (Wildman–Crippen LogP) is 2.54.